The number of nitrogens with zero attached hydrogens (tertiary/aromatic N) is 3. The van der Waals surface area contributed by atoms with Crippen molar-refractivity contribution in [3.63, 3.8) is 0 Å². The number of phenols is 1. The van der Waals surface area contributed by atoms with Crippen LogP contribution < -0.4 is 10.5 Å². The normalized spacial score (nSPS) is 14.9. The van der Waals surface area contributed by atoms with Gasteiger partial charge >= 0.3 is 5.97 Å². The zero-order chi connectivity index (χ0) is 20.4. The molecule has 0 unspecified atom stereocenters. The SMILES string of the molecule is COC(=O)c1ccc2c(=O)[nH]c(CN3CCN(c4ccccc4O)CC3)nc2c1. The molecule has 4 rings (SSSR count). The summed E-state index contributed by atoms with van der Waals surface area (Å²) in [5.74, 6) is 0.374. The Morgan fingerprint density at radius 1 is 1.17 bits per heavy atom. The van der Waals surface area contributed by atoms with Crippen LogP contribution >= 0.6 is 0 Å². The van der Waals surface area contributed by atoms with Gasteiger partial charge in [0.1, 0.15) is 11.6 Å². The number of carbonyl (C=O) groups excluding carboxylic acids is 1. The van der Waals surface area contributed by atoms with E-state index < -0.39 is 5.97 Å². The molecular weight excluding hydrogens is 372 g/mol. The average Bonchev–Trinajstić information content (AvgIpc) is 2.74. The Hall–Kier alpha value is -3.39. The number of ether oxygens (including phenoxy) is 1. The van der Waals surface area contributed by atoms with Crippen LogP contribution in [0.15, 0.2) is 47.3 Å². The Bertz CT molecular complexity index is 1100. The lowest BCUT2D eigenvalue weighted by molar-refractivity contribution is 0.0601. The van der Waals surface area contributed by atoms with Gasteiger partial charge in [0, 0.05) is 26.2 Å². The highest BCUT2D eigenvalue weighted by Crippen LogP contribution is 2.27. The number of piperazine rings is 1. The van der Waals surface area contributed by atoms with Crippen LogP contribution in [0.5, 0.6) is 5.75 Å². The highest BCUT2D eigenvalue weighted by Gasteiger charge is 2.20. The molecule has 1 aliphatic rings. The third-order valence-electron chi connectivity index (χ3n) is 5.14. The van der Waals surface area contributed by atoms with E-state index >= 15 is 0 Å². The highest BCUT2D eigenvalue weighted by molar-refractivity contribution is 5.93. The second-order valence-corrected chi connectivity index (χ2v) is 6.99. The number of carbonyl (C=O) groups is 1. The molecule has 8 heteroatoms. The Morgan fingerprint density at radius 3 is 2.66 bits per heavy atom. The number of para-hydroxylation sites is 2. The Balaban J connectivity index is 1.49. The molecule has 0 amide bonds. The van der Waals surface area contributed by atoms with Crippen LogP contribution in [0.25, 0.3) is 10.9 Å². The van der Waals surface area contributed by atoms with Gasteiger partial charge in [-0.25, -0.2) is 9.78 Å². The van der Waals surface area contributed by atoms with Crippen LogP contribution in [0.1, 0.15) is 16.2 Å². The zero-order valence-electron chi connectivity index (χ0n) is 16.1. The van der Waals surface area contributed by atoms with Gasteiger partial charge in [-0.2, -0.15) is 0 Å². The number of nitrogens with one attached hydrogen (secondary N) is 1. The summed E-state index contributed by atoms with van der Waals surface area (Å²) >= 11 is 0. The number of anilines is 1. The average molecular weight is 394 g/mol. The van der Waals surface area contributed by atoms with E-state index in [2.05, 4.69) is 19.8 Å². The quantitative estimate of drug-likeness (QED) is 0.650. The first-order chi connectivity index (χ1) is 14.0. The van der Waals surface area contributed by atoms with Crippen molar-refractivity contribution in [1.29, 1.82) is 0 Å². The van der Waals surface area contributed by atoms with Gasteiger partial charge in [0.05, 0.1) is 35.8 Å². The van der Waals surface area contributed by atoms with Crippen molar-refractivity contribution in [2.24, 2.45) is 0 Å². The number of H-pyrrole nitrogens is 1. The molecule has 0 bridgehead atoms. The number of phenolic OH excluding ortho intramolecular Hbond substituents is 1. The van der Waals surface area contributed by atoms with Gasteiger partial charge in [0.15, 0.2) is 0 Å². The Labute approximate surface area is 167 Å². The standard InChI is InChI=1S/C21H22N4O4/c1-29-21(28)14-6-7-15-16(12-14)22-19(23-20(15)27)13-24-8-10-25(11-9-24)17-4-2-3-5-18(17)26/h2-7,12,26H,8-11,13H2,1H3,(H,22,23,27). The smallest absolute Gasteiger partial charge is 0.337 e. The van der Waals surface area contributed by atoms with Crippen LogP contribution in [0, 0.1) is 0 Å². The van der Waals surface area contributed by atoms with Crippen LogP contribution in [0.4, 0.5) is 5.69 Å². The molecule has 2 N–H and O–H groups in total. The van der Waals surface area contributed by atoms with E-state index in [1.165, 1.54) is 7.11 Å². The number of rotatable bonds is 4. The summed E-state index contributed by atoms with van der Waals surface area (Å²) in [6.45, 7) is 3.59. The number of hydrogen-bond donors (Lipinski definition) is 2. The third kappa shape index (κ3) is 3.93. The molecule has 2 heterocycles. The molecule has 1 aromatic heterocycles. The molecular formula is C21H22N4O4. The third-order valence-corrected chi connectivity index (χ3v) is 5.14. The largest absolute Gasteiger partial charge is 0.506 e. The summed E-state index contributed by atoms with van der Waals surface area (Å²) in [5, 5.41) is 10.5. The summed E-state index contributed by atoms with van der Waals surface area (Å²) in [7, 11) is 1.32. The summed E-state index contributed by atoms with van der Waals surface area (Å²) < 4.78 is 4.74. The highest BCUT2D eigenvalue weighted by atomic mass is 16.5. The van der Waals surface area contributed by atoms with Crippen molar-refractivity contribution >= 4 is 22.6 Å². The maximum atomic E-state index is 12.4. The van der Waals surface area contributed by atoms with Crippen LogP contribution in [-0.2, 0) is 11.3 Å². The monoisotopic (exact) mass is 394 g/mol. The van der Waals surface area contributed by atoms with E-state index in [0.29, 0.717) is 28.8 Å². The lowest BCUT2D eigenvalue weighted by atomic mass is 10.1. The van der Waals surface area contributed by atoms with E-state index in [1.54, 1.807) is 24.3 Å². The summed E-state index contributed by atoms with van der Waals surface area (Å²) in [6.07, 6.45) is 0. The maximum Gasteiger partial charge on any atom is 0.337 e. The predicted octanol–water partition coefficient (Wildman–Crippen LogP) is 1.74. The number of benzene rings is 2. The van der Waals surface area contributed by atoms with Crippen molar-refractivity contribution < 1.29 is 14.6 Å². The number of fused-ring (bicyclic) bond motifs is 1. The van der Waals surface area contributed by atoms with E-state index in [4.69, 9.17) is 4.74 Å². The van der Waals surface area contributed by atoms with Gasteiger partial charge in [0.25, 0.3) is 5.56 Å². The molecule has 8 nitrogen and oxygen atoms in total. The summed E-state index contributed by atoms with van der Waals surface area (Å²) in [5.41, 5.74) is 1.44. The van der Waals surface area contributed by atoms with Crippen molar-refractivity contribution in [1.82, 2.24) is 14.9 Å². The van der Waals surface area contributed by atoms with Crippen LogP contribution in [0.3, 0.4) is 0 Å². The van der Waals surface area contributed by atoms with E-state index in [0.717, 1.165) is 31.9 Å². The second kappa shape index (κ2) is 7.92. The molecule has 3 aromatic rings. The first-order valence-corrected chi connectivity index (χ1v) is 9.42. The zero-order valence-corrected chi connectivity index (χ0v) is 16.1. The minimum atomic E-state index is -0.462. The molecule has 150 valence electrons. The van der Waals surface area contributed by atoms with Gasteiger partial charge in [-0.15, -0.1) is 0 Å². The molecule has 0 atom stereocenters. The number of aromatic amines is 1. The van der Waals surface area contributed by atoms with Crippen molar-refractivity contribution in [3.05, 3.63) is 64.2 Å². The second-order valence-electron chi connectivity index (χ2n) is 6.99. The Morgan fingerprint density at radius 2 is 1.93 bits per heavy atom. The first kappa shape index (κ1) is 18.9. The van der Waals surface area contributed by atoms with Crippen molar-refractivity contribution in [2.45, 2.75) is 6.54 Å². The van der Waals surface area contributed by atoms with Gasteiger partial charge in [-0.1, -0.05) is 12.1 Å². The fourth-order valence-electron chi connectivity index (χ4n) is 3.60. The van der Waals surface area contributed by atoms with Crippen molar-refractivity contribution in [3.8, 4) is 5.75 Å². The van der Waals surface area contributed by atoms with Crippen LogP contribution in [-0.4, -0.2) is 59.2 Å². The minimum Gasteiger partial charge on any atom is -0.506 e. The summed E-state index contributed by atoms with van der Waals surface area (Å²) in [6, 6.07) is 12.0. The topological polar surface area (TPSA) is 98.8 Å². The lowest BCUT2D eigenvalue weighted by Gasteiger charge is -2.36. The number of methoxy groups -OCH3 is 1. The van der Waals surface area contributed by atoms with E-state index in [-0.39, 0.29) is 11.3 Å². The molecule has 2 aromatic carbocycles. The van der Waals surface area contributed by atoms with Crippen LogP contribution in [0.2, 0.25) is 0 Å². The molecule has 0 radical (unpaired) electrons. The number of hydrogen-bond acceptors (Lipinski definition) is 7. The minimum absolute atomic E-state index is 0.228. The predicted molar refractivity (Wildman–Crippen MR) is 109 cm³/mol. The lowest BCUT2D eigenvalue weighted by Crippen LogP contribution is -2.46. The number of esters is 1. The summed E-state index contributed by atoms with van der Waals surface area (Å²) in [4.78, 5) is 35.9. The molecule has 1 saturated heterocycles. The van der Waals surface area contributed by atoms with E-state index in [9.17, 15) is 14.7 Å². The van der Waals surface area contributed by atoms with Crippen molar-refractivity contribution in [2.75, 3.05) is 38.2 Å². The molecule has 0 saturated carbocycles. The van der Waals surface area contributed by atoms with Gasteiger partial charge in [-0.3, -0.25) is 9.69 Å². The number of aromatic hydroxyl groups is 1. The fourth-order valence-corrected chi connectivity index (χ4v) is 3.60. The van der Waals surface area contributed by atoms with Gasteiger partial charge < -0.3 is 19.7 Å². The first-order valence-electron chi connectivity index (χ1n) is 9.42. The fraction of sp³-hybridized carbons (Fsp3) is 0.286. The van der Waals surface area contributed by atoms with E-state index in [1.807, 2.05) is 18.2 Å². The molecule has 0 spiro atoms. The number of aromatic nitrogens is 2. The Kier molecular flexibility index (Phi) is 5.18. The molecule has 29 heavy (non-hydrogen) atoms. The van der Waals surface area contributed by atoms with Gasteiger partial charge in [0.2, 0.25) is 0 Å². The molecule has 0 aliphatic carbocycles. The van der Waals surface area contributed by atoms with Gasteiger partial charge in [-0.05, 0) is 30.3 Å². The molecule has 1 aliphatic heterocycles. The maximum absolute atomic E-state index is 12.4. The molecule has 1 fully saturated rings.